The smallest absolute Gasteiger partial charge is 0.419 e. The monoisotopic (exact) mass is 592 g/mol. The first-order chi connectivity index (χ1) is 19.7. The van der Waals surface area contributed by atoms with Crippen molar-refractivity contribution < 1.29 is 19.1 Å². The van der Waals surface area contributed by atoms with E-state index in [0.717, 1.165) is 41.6 Å². The van der Waals surface area contributed by atoms with Gasteiger partial charge in [0.2, 0.25) is 5.95 Å². The van der Waals surface area contributed by atoms with Crippen molar-refractivity contribution in [2.24, 2.45) is 0 Å². The zero-order valence-electron chi connectivity index (χ0n) is 25.7. The number of hydrogen-bond donors (Lipinski definition) is 1. The molecule has 0 saturated carbocycles. The molecular formula is C31H40N6O4S. The average molecular weight is 593 g/mol. The summed E-state index contributed by atoms with van der Waals surface area (Å²) in [4.78, 5) is 33.2. The first-order valence-electron chi connectivity index (χ1n) is 14.0. The Labute approximate surface area is 250 Å². The number of thioether (sulfide) groups is 1. The number of allylic oxidation sites excluding steroid dienone is 1. The van der Waals surface area contributed by atoms with Crippen LogP contribution in [0, 0.1) is 0 Å². The summed E-state index contributed by atoms with van der Waals surface area (Å²) < 4.78 is 14.1. The molecule has 1 amide bonds. The fourth-order valence-electron chi connectivity index (χ4n) is 4.74. The molecule has 0 bridgehead atoms. The van der Waals surface area contributed by atoms with Gasteiger partial charge in [-0.3, -0.25) is 5.32 Å². The van der Waals surface area contributed by atoms with Crippen LogP contribution in [0.5, 0.6) is 0 Å². The van der Waals surface area contributed by atoms with E-state index >= 15 is 0 Å². The van der Waals surface area contributed by atoms with Crippen molar-refractivity contribution in [3.63, 3.8) is 0 Å². The van der Waals surface area contributed by atoms with E-state index in [-0.39, 0.29) is 12.0 Å². The number of aryl methyl sites for hydroxylation is 1. The Morgan fingerprint density at radius 3 is 2.31 bits per heavy atom. The van der Waals surface area contributed by atoms with Crippen LogP contribution in [0.2, 0.25) is 0 Å². The Hall–Kier alpha value is -3.86. The van der Waals surface area contributed by atoms with Gasteiger partial charge < -0.3 is 9.47 Å². The lowest BCUT2D eigenvalue weighted by atomic mass is 9.96. The molecule has 0 unspecified atom stereocenters. The lowest BCUT2D eigenvalue weighted by Gasteiger charge is -2.22. The van der Waals surface area contributed by atoms with Gasteiger partial charge in [0.05, 0.1) is 11.7 Å². The summed E-state index contributed by atoms with van der Waals surface area (Å²) >= 11 is 1.38. The van der Waals surface area contributed by atoms with Crippen LogP contribution < -0.4 is 5.32 Å². The molecular weight excluding hydrogens is 552 g/mol. The standard InChI is InChI=1S/C17H21NO2.C14H19N5O2S/c1-17(2,3)20-16(19)18-14-10-6-4-8-12(14)13-9-5-7-11-15(13)18;1-8(2)9-7-15-19-10(9)16-12(22-6)17-11(19)18-13(20)21-14(3,4)5/h4,6,8,10H,5,7,9,11H2,1-3H3;7H,1H2,2-6H3,(H,16,17,18,20). The van der Waals surface area contributed by atoms with Crippen molar-refractivity contribution in [3.8, 4) is 0 Å². The Balaban J connectivity index is 0.000000193. The second kappa shape index (κ2) is 12.2. The zero-order chi connectivity index (χ0) is 30.8. The van der Waals surface area contributed by atoms with E-state index in [2.05, 4.69) is 33.0 Å². The van der Waals surface area contributed by atoms with Crippen LogP contribution in [-0.2, 0) is 22.3 Å². The molecule has 0 fully saturated rings. The maximum Gasteiger partial charge on any atom is 0.419 e. The van der Waals surface area contributed by atoms with Gasteiger partial charge in [-0.05, 0) is 97.6 Å². The quantitative estimate of drug-likeness (QED) is 0.243. The minimum Gasteiger partial charge on any atom is -0.444 e. The molecule has 3 heterocycles. The van der Waals surface area contributed by atoms with Crippen molar-refractivity contribution in [2.75, 3.05) is 11.6 Å². The van der Waals surface area contributed by atoms with Gasteiger partial charge in [0.15, 0.2) is 10.8 Å². The van der Waals surface area contributed by atoms with Gasteiger partial charge >= 0.3 is 12.2 Å². The molecule has 224 valence electrons. The number of anilines is 1. The molecule has 1 aromatic carbocycles. The van der Waals surface area contributed by atoms with E-state index in [1.807, 2.05) is 52.1 Å². The number of fused-ring (bicyclic) bond motifs is 4. The second-order valence-electron chi connectivity index (χ2n) is 12.2. The highest BCUT2D eigenvalue weighted by Gasteiger charge is 2.26. The number of para-hydroxylation sites is 1. The zero-order valence-corrected chi connectivity index (χ0v) is 26.5. The van der Waals surface area contributed by atoms with Gasteiger partial charge in [-0.1, -0.05) is 36.5 Å². The third kappa shape index (κ3) is 7.13. The molecule has 3 aromatic heterocycles. The van der Waals surface area contributed by atoms with Gasteiger partial charge in [0.1, 0.15) is 11.2 Å². The van der Waals surface area contributed by atoms with Crippen LogP contribution in [0.4, 0.5) is 15.5 Å². The number of ether oxygens (including phenoxy) is 2. The highest BCUT2D eigenvalue weighted by Crippen LogP contribution is 2.32. The first kappa shape index (κ1) is 31.1. The van der Waals surface area contributed by atoms with Crippen molar-refractivity contribution in [2.45, 2.75) is 90.5 Å². The molecule has 10 nitrogen and oxygen atoms in total. The summed E-state index contributed by atoms with van der Waals surface area (Å²) in [5, 5.41) is 8.56. The minimum absolute atomic E-state index is 0.253. The largest absolute Gasteiger partial charge is 0.444 e. The van der Waals surface area contributed by atoms with Gasteiger partial charge in [-0.2, -0.15) is 14.6 Å². The van der Waals surface area contributed by atoms with Gasteiger partial charge in [-0.15, -0.1) is 0 Å². The molecule has 5 rings (SSSR count). The molecule has 4 aromatic rings. The predicted molar refractivity (Wildman–Crippen MR) is 167 cm³/mol. The molecule has 0 atom stereocenters. The van der Waals surface area contributed by atoms with Crippen molar-refractivity contribution >= 4 is 52.0 Å². The van der Waals surface area contributed by atoms with E-state index in [4.69, 9.17) is 9.47 Å². The molecule has 0 saturated heterocycles. The molecule has 1 aliphatic carbocycles. The van der Waals surface area contributed by atoms with Crippen LogP contribution in [0.15, 0.2) is 42.2 Å². The van der Waals surface area contributed by atoms with E-state index in [1.54, 1.807) is 31.5 Å². The number of carbonyl (C=O) groups is 2. The van der Waals surface area contributed by atoms with Crippen LogP contribution in [0.3, 0.4) is 0 Å². The number of nitrogens with zero attached hydrogens (tertiary/aromatic N) is 5. The SMILES string of the molecule is C=C(C)c1cnn2c(NC(=O)OC(C)(C)C)nc(SC)nc12.CC(C)(C)OC(=O)n1c2c(c3ccccc31)CCCC2. The molecule has 1 aliphatic rings. The van der Waals surface area contributed by atoms with Gasteiger partial charge in [-0.25, -0.2) is 19.1 Å². The molecule has 42 heavy (non-hydrogen) atoms. The van der Waals surface area contributed by atoms with Crippen molar-refractivity contribution in [1.29, 1.82) is 0 Å². The molecule has 0 radical (unpaired) electrons. The number of amides is 1. The lowest BCUT2D eigenvalue weighted by Crippen LogP contribution is -2.28. The van der Waals surface area contributed by atoms with Crippen molar-refractivity contribution in [3.05, 3.63) is 53.9 Å². The highest BCUT2D eigenvalue weighted by molar-refractivity contribution is 7.98. The molecule has 1 N–H and O–H groups in total. The Bertz CT molecular complexity index is 1640. The summed E-state index contributed by atoms with van der Waals surface area (Å²) in [6.07, 6.45) is 7.04. The molecule has 11 heteroatoms. The van der Waals surface area contributed by atoms with Gasteiger partial charge in [0, 0.05) is 16.6 Å². The van der Waals surface area contributed by atoms with E-state index in [1.165, 1.54) is 33.6 Å². The fraction of sp³-hybridized carbons (Fsp3) is 0.452. The Morgan fingerprint density at radius 1 is 1.00 bits per heavy atom. The maximum atomic E-state index is 12.5. The third-order valence-corrected chi connectivity index (χ3v) is 6.91. The summed E-state index contributed by atoms with van der Waals surface area (Å²) in [5.41, 5.74) is 4.64. The molecule has 0 aliphatic heterocycles. The average Bonchev–Trinajstić information content (AvgIpc) is 3.46. The first-order valence-corrected chi connectivity index (χ1v) is 15.2. The van der Waals surface area contributed by atoms with Crippen LogP contribution in [0.25, 0.3) is 22.1 Å². The maximum absolute atomic E-state index is 12.5. The summed E-state index contributed by atoms with van der Waals surface area (Å²) in [7, 11) is 0. The Kier molecular flexibility index (Phi) is 9.01. The van der Waals surface area contributed by atoms with Crippen LogP contribution >= 0.6 is 11.8 Å². The van der Waals surface area contributed by atoms with Crippen molar-refractivity contribution in [1.82, 2.24) is 24.1 Å². The number of hydrogen-bond acceptors (Lipinski definition) is 8. The van der Waals surface area contributed by atoms with E-state index in [0.29, 0.717) is 10.8 Å². The Morgan fingerprint density at radius 2 is 1.67 bits per heavy atom. The fourth-order valence-corrected chi connectivity index (χ4v) is 5.09. The summed E-state index contributed by atoms with van der Waals surface area (Å²) in [6, 6.07) is 8.14. The van der Waals surface area contributed by atoms with E-state index in [9.17, 15) is 9.59 Å². The normalized spacial score (nSPS) is 13.2. The number of carbonyl (C=O) groups excluding carboxylic acids is 2. The van der Waals surface area contributed by atoms with Crippen LogP contribution in [0.1, 0.15) is 78.1 Å². The predicted octanol–water partition coefficient (Wildman–Crippen LogP) is 7.53. The molecule has 0 spiro atoms. The summed E-state index contributed by atoms with van der Waals surface area (Å²) in [5.74, 6) is 0.260. The minimum atomic E-state index is -0.592. The number of benzene rings is 1. The topological polar surface area (TPSA) is 113 Å². The third-order valence-electron chi connectivity index (χ3n) is 6.36. The lowest BCUT2D eigenvalue weighted by molar-refractivity contribution is 0.0538. The second-order valence-corrected chi connectivity index (χ2v) is 13.0. The van der Waals surface area contributed by atoms with E-state index < -0.39 is 17.3 Å². The number of nitrogens with one attached hydrogen (secondary N) is 1. The highest BCUT2D eigenvalue weighted by atomic mass is 32.2. The number of aromatic nitrogens is 5. The summed E-state index contributed by atoms with van der Waals surface area (Å²) in [6.45, 7) is 16.9. The van der Waals surface area contributed by atoms with Crippen LogP contribution in [-0.4, -0.2) is 53.8 Å². The number of rotatable bonds is 3. The van der Waals surface area contributed by atoms with Gasteiger partial charge in [0.25, 0.3) is 0 Å².